The third kappa shape index (κ3) is 5.00. The highest BCUT2D eigenvalue weighted by Crippen LogP contribution is 2.36. The summed E-state index contributed by atoms with van der Waals surface area (Å²) in [6, 6.07) is 4.08. The summed E-state index contributed by atoms with van der Waals surface area (Å²) in [6.07, 6.45) is -10.0. The summed E-state index contributed by atoms with van der Waals surface area (Å²) in [6.45, 7) is 0. The lowest BCUT2D eigenvalue weighted by atomic mass is 10.2. The molecule has 0 amide bonds. The highest BCUT2D eigenvalue weighted by Gasteiger charge is 2.35. The normalized spacial score (nSPS) is 12.7. The van der Waals surface area contributed by atoms with Gasteiger partial charge in [-0.2, -0.15) is 13.2 Å². The molecule has 12 heteroatoms. The molecule has 2 aromatic rings. The first-order valence-corrected chi connectivity index (χ1v) is 8.02. The van der Waals surface area contributed by atoms with Crippen molar-refractivity contribution in [2.24, 2.45) is 0 Å². The number of anilines is 1. The van der Waals surface area contributed by atoms with Crippen molar-refractivity contribution >= 4 is 15.7 Å². The van der Waals surface area contributed by atoms with Gasteiger partial charge in [0.2, 0.25) is 0 Å². The van der Waals surface area contributed by atoms with E-state index in [0.29, 0.717) is 36.4 Å². The van der Waals surface area contributed by atoms with E-state index in [9.17, 15) is 39.2 Å². The Kier molecular flexibility index (Phi) is 5.08. The summed E-state index contributed by atoms with van der Waals surface area (Å²) in [5, 5.41) is 0. The van der Waals surface area contributed by atoms with Gasteiger partial charge >= 0.3 is 12.5 Å². The topological polar surface area (TPSA) is 55.4 Å². The zero-order valence-corrected chi connectivity index (χ0v) is 13.1. The maximum Gasteiger partial charge on any atom is 0.573 e. The maximum atomic E-state index is 13.0. The minimum atomic E-state index is -5.04. The first kappa shape index (κ1) is 19.8. The van der Waals surface area contributed by atoms with E-state index in [1.807, 2.05) is 0 Å². The molecule has 0 aliphatic carbocycles. The fourth-order valence-electron chi connectivity index (χ4n) is 1.86. The zero-order valence-electron chi connectivity index (χ0n) is 12.3. The second-order valence-corrected chi connectivity index (χ2v) is 6.49. The monoisotopic (exact) mass is 403 g/mol. The van der Waals surface area contributed by atoms with E-state index in [0.717, 1.165) is 0 Å². The van der Waals surface area contributed by atoms with Gasteiger partial charge in [0.15, 0.2) is 0 Å². The molecule has 2 rings (SSSR count). The van der Waals surface area contributed by atoms with E-state index in [1.165, 1.54) is 0 Å². The second kappa shape index (κ2) is 6.67. The fraction of sp³-hybridized carbons (Fsp3) is 0.143. The summed E-state index contributed by atoms with van der Waals surface area (Å²) in [5.41, 5.74) is -2.49. The maximum absolute atomic E-state index is 13.0. The molecule has 0 saturated heterocycles. The van der Waals surface area contributed by atoms with Gasteiger partial charge in [0.05, 0.1) is 16.1 Å². The third-order valence-corrected chi connectivity index (χ3v) is 4.28. The summed E-state index contributed by atoms with van der Waals surface area (Å²) in [7, 11) is -4.58. The van der Waals surface area contributed by atoms with Crippen molar-refractivity contribution in [1.82, 2.24) is 0 Å². The van der Waals surface area contributed by atoms with Gasteiger partial charge in [-0.3, -0.25) is 4.72 Å². The molecule has 2 aromatic carbocycles. The molecule has 0 aliphatic heterocycles. The van der Waals surface area contributed by atoms with Crippen LogP contribution in [0.1, 0.15) is 5.56 Å². The highest BCUT2D eigenvalue weighted by atomic mass is 32.2. The molecule has 1 N–H and O–H groups in total. The Labute approximate surface area is 142 Å². The van der Waals surface area contributed by atoms with Crippen molar-refractivity contribution in [2.45, 2.75) is 17.4 Å². The molecule has 26 heavy (non-hydrogen) atoms. The van der Waals surface area contributed by atoms with E-state index < -0.39 is 50.3 Å². The Balaban J connectivity index is 2.32. The predicted molar refractivity (Wildman–Crippen MR) is 75.3 cm³/mol. The number of hydrogen-bond donors (Lipinski definition) is 1. The molecule has 0 heterocycles. The van der Waals surface area contributed by atoms with Gasteiger partial charge < -0.3 is 4.74 Å². The Hall–Kier alpha value is -2.50. The number of sulfonamides is 1. The average molecular weight is 403 g/mol. The molecule has 0 bridgehead atoms. The summed E-state index contributed by atoms with van der Waals surface area (Å²) >= 11 is 0. The van der Waals surface area contributed by atoms with Gasteiger partial charge in [-0.25, -0.2) is 12.8 Å². The van der Waals surface area contributed by atoms with Crippen molar-refractivity contribution in [3.05, 3.63) is 53.8 Å². The minimum Gasteiger partial charge on any atom is -0.406 e. The molecule has 0 unspecified atom stereocenters. The largest absolute Gasteiger partial charge is 0.573 e. The van der Waals surface area contributed by atoms with Crippen molar-refractivity contribution in [3.8, 4) is 5.75 Å². The number of benzene rings is 2. The van der Waals surface area contributed by atoms with Crippen LogP contribution in [0, 0.1) is 5.82 Å². The van der Waals surface area contributed by atoms with Crippen LogP contribution < -0.4 is 9.46 Å². The molecular weight excluding hydrogens is 395 g/mol. The van der Waals surface area contributed by atoms with Crippen LogP contribution in [0.4, 0.5) is 36.4 Å². The summed E-state index contributed by atoms with van der Waals surface area (Å²) in [5.74, 6) is -1.94. The van der Waals surface area contributed by atoms with E-state index in [2.05, 4.69) is 4.74 Å². The summed E-state index contributed by atoms with van der Waals surface area (Å²) < 4.78 is 117. The van der Waals surface area contributed by atoms with E-state index in [-0.39, 0.29) is 6.07 Å². The SMILES string of the molecule is O=S(=O)(Nc1ccc(F)cc1C(F)(F)F)c1ccc(OC(F)(F)F)cc1. The molecular formula is C14H8F7NO3S. The first-order chi connectivity index (χ1) is 11.8. The van der Waals surface area contributed by atoms with E-state index in [1.54, 1.807) is 4.72 Å². The Morgan fingerprint density at radius 2 is 1.46 bits per heavy atom. The number of hydrogen-bond acceptors (Lipinski definition) is 3. The number of ether oxygens (including phenoxy) is 1. The number of alkyl halides is 6. The molecule has 0 aliphatic rings. The Bertz CT molecular complexity index is 890. The fourth-order valence-corrected chi connectivity index (χ4v) is 2.94. The molecule has 0 fully saturated rings. The van der Waals surface area contributed by atoms with Crippen LogP contribution in [-0.2, 0) is 16.2 Å². The standard InChI is InChI=1S/C14H8F7NO3S/c15-8-1-6-12(11(7-8)13(16,17)18)22-26(23,24)10-4-2-9(3-5-10)25-14(19,20)21/h1-7,22H. The van der Waals surface area contributed by atoms with Crippen molar-refractivity contribution in [2.75, 3.05) is 4.72 Å². The van der Waals surface area contributed by atoms with Gasteiger partial charge in [-0.15, -0.1) is 13.2 Å². The molecule has 142 valence electrons. The van der Waals surface area contributed by atoms with Crippen LogP contribution >= 0.6 is 0 Å². The van der Waals surface area contributed by atoms with Crippen molar-refractivity contribution in [3.63, 3.8) is 0 Å². The van der Waals surface area contributed by atoms with Crippen molar-refractivity contribution < 1.29 is 43.9 Å². The van der Waals surface area contributed by atoms with Crippen LogP contribution in [0.25, 0.3) is 0 Å². The number of halogens is 7. The quantitative estimate of drug-likeness (QED) is 0.763. The van der Waals surface area contributed by atoms with Gasteiger partial charge in [0.25, 0.3) is 10.0 Å². The molecule has 0 saturated carbocycles. The molecule has 0 aromatic heterocycles. The van der Waals surface area contributed by atoms with Gasteiger partial charge in [0, 0.05) is 0 Å². The minimum absolute atomic E-state index is 0.109. The van der Waals surface area contributed by atoms with Gasteiger partial charge in [-0.1, -0.05) is 0 Å². The third-order valence-electron chi connectivity index (χ3n) is 2.90. The average Bonchev–Trinajstić information content (AvgIpc) is 2.47. The Morgan fingerprint density at radius 1 is 0.885 bits per heavy atom. The lowest BCUT2D eigenvalue weighted by molar-refractivity contribution is -0.274. The predicted octanol–water partition coefficient (Wildman–Crippen LogP) is 4.54. The molecule has 0 atom stereocenters. The van der Waals surface area contributed by atoms with Crippen LogP contribution in [0.3, 0.4) is 0 Å². The van der Waals surface area contributed by atoms with E-state index in [4.69, 9.17) is 0 Å². The smallest absolute Gasteiger partial charge is 0.406 e. The summed E-state index contributed by atoms with van der Waals surface area (Å²) in [4.78, 5) is -0.621. The second-order valence-electron chi connectivity index (χ2n) is 4.81. The lowest BCUT2D eigenvalue weighted by Gasteiger charge is -2.15. The molecule has 0 spiro atoms. The molecule has 0 radical (unpaired) electrons. The molecule has 4 nitrogen and oxygen atoms in total. The highest BCUT2D eigenvalue weighted by molar-refractivity contribution is 7.92. The van der Waals surface area contributed by atoms with Gasteiger partial charge in [-0.05, 0) is 42.5 Å². The van der Waals surface area contributed by atoms with Crippen LogP contribution in [0.15, 0.2) is 47.4 Å². The van der Waals surface area contributed by atoms with Crippen molar-refractivity contribution in [1.29, 1.82) is 0 Å². The van der Waals surface area contributed by atoms with Crippen LogP contribution in [-0.4, -0.2) is 14.8 Å². The number of nitrogens with one attached hydrogen (secondary N) is 1. The lowest BCUT2D eigenvalue weighted by Crippen LogP contribution is -2.18. The van der Waals surface area contributed by atoms with E-state index >= 15 is 0 Å². The first-order valence-electron chi connectivity index (χ1n) is 6.53. The Morgan fingerprint density at radius 3 is 1.96 bits per heavy atom. The zero-order chi connectivity index (χ0) is 19.8. The van der Waals surface area contributed by atoms with Crippen LogP contribution in [0.5, 0.6) is 5.75 Å². The number of rotatable bonds is 4. The van der Waals surface area contributed by atoms with Gasteiger partial charge in [0.1, 0.15) is 11.6 Å². The van der Waals surface area contributed by atoms with Crippen LogP contribution in [0.2, 0.25) is 0 Å².